The van der Waals surface area contributed by atoms with Crippen LogP contribution in [0, 0.1) is 19.8 Å². The zero-order valence-corrected chi connectivity index (χ0v) is 22.2. The molecule has 7 rings (SSSR count). The molecule has 37 heavy (non-hydrogen) atoms. The molecule has 2 bridgehead atoms. The Kier molecular flexibility index (Phi) is 7.13. The van der Waals surface area contributed by atoms with Crippen molar-refractivity contribution in [3.05, 3.63) is 64.8 Å². The summed E-state index contributed by atoms with van der Waals surface area (Å²) in [6.45, 7) is 6.92. The van der Waals surface area contributed by atoms with Crippen LogP contribution in [0.2, 0.25) is 0 Å². The van der Waals surface area contributed by atoms with Crippen LogP contribution in [0.5, 0.6) is 0 Å². The lowest BCUT2D eigenvalue weighted by Crippen LogP contribution is -2.51. The Morgan fingerprint density at radius 3 is 2.46 bits per heavy atom. The number of carbonyl (C=O) groups is 1. The Bertz CT molecular complexity index is 1520. The van der Waals surface area contributed by atoms with Crippen LogP contribution in [0.25, 0.3) is 21.5 Å². The quantitative estimate of drug-likeness (QED) is 0.287. The largest absolute Gasteiger partial charge is 0.456 e. The van der Waals surface area contributed by atoms with Gasteiger partial charge >= 0.3 is 5.97 Å². The number of aromatic amines is 1. The number of ether oxygens (including phenoxy) is 1. The van der Waals surface area contributed by atoms with E-state index in [-0.39, 0.29) is 17.0 Å². The summed E-state index contributed by atoms with van der Waals surface area (Å²) in [4.78, 5) is 19.6. The fourth-order valence-electron chi connectivity index (χ4n) is 4.74. The maximum atomic E-state index is 12.8. The number of benzene rings is 2. The second-order valence-corrected chi connectivity index (χ2v) is 11.8. The minimum Gasteiger partial charge on any atom is -0.456 e. The molecule has 9 nitrogen and oxygen atoms in total. The summed E-state index contributed by atoms with van der Waals surface area (Å²) in [6, 6.07) is 11.9. The number of rotatable bonds is 4. The fraction of sp³-hybridized carbons (Fsp3) is 0.346. The number of thiazole rings is 1. The number of hydrogen-bond acceptors (Lipinski definition) is 8. The SMILES string of the molecule is Cc1ccc(S(=O)(=O)O)cc1.Cc1csc(-c2ccc3[nH]nc(C(=O)O[C@@H]4CN5CCC4CC5)c3c2)n1. The third kappa shape index (κ3) is 5.74. The van der Waals surface area contributed by atoms with Crippen molar-refractivity contribution in [3.63, 3.8) is 0 Å². The van der Waals surface area contributed by atoms with Crippen LogP contribution >= 0.6 is 11.3 Å². The van der Waals surface area contributed by atoms with Gasteiger partial charge in [0.1, 0.15) is 11.1 Å². The Labute approximate surface area is 219 Å². The molecule has 1 atom stereocenters. The molecule has 0 amide bonds. The van der Waals surface area contributed by atoms with Crippen molar-refractivity contribution in [2.75, 3.05) is 19.6 Å². The predicted octanol–water partition coefficient (Wildman–Crippen LogP) is 4.49. The first kappa shape index (κ1) is 25.5. The van der Waals surface area contributed by atoms with Crippen molar-refractivity contribution in [3.8, 4) is 10.6 Å². The second-order valence-electron chi connectivity index (χ2n) is 9.50. The molecule has 3 saturated heterocycles. The van der Waals surface area contributed by atoms with Crippen molar-refractivity contribution in [2.45, 2.75) is 37.7 Å². The average molecular weight is 541 g/mol. The van der Waals surface area contributed by atoms with Crippen LogP contribution in [0.1, 0.15) is 34.6 Å². The van der Waals surface area contributed by atoms with Crippen molar-refractivity contribution < 1.29 is 22.5 Å². The zero-order chi connectivity index (χ0) is 26.2. The van der Waals surface area contributed by atoms with Crippen LogP contribution < -0.4 is 0 Å². The number of carbonyl (C=O) groups excluding carboxylic acids is 1. The highest BCUT2D eigenvalue weighted by Crippen LogP contribution is 2.31. The molecule has 3 fully saturated rings. The van der Waals surface area contributed by atoms with Crippen molar-refractivity contribution in [1.29, 1.82) is 0 Å². The summed E-state index contributed by atoms with van der Waals surface area (Å²) >= 11 is 1.60. The molecule has 0 radical (unpaired) electrons. The van der Waals surface area contributed by atoms with Crippen LogP contribution in [0.4, 0.5) is 0 Å². The summed E-state index contributed by atoms with van der Waals surface area (Å²) in [5.41, 5.74) is 4.15. The molecule has 194 valence electrons. The molecule has 2 aromatic carbocycles. The van der Waals surface area contributed by atoms with Gasteiger partial charge in [-0.25, -0.2) is 9.78 Å². The number of esters is 1. The van der Waals surface area contributed by atoms with E-state index in [0.717, 1.165) is 65.2 Å². The first-order valence-electron chi connectivity index (χ1n) is 12.1. The molecule has 0 saturated carbocycles. The molecule has 5 heterocycles. The van der Waals surface area contributed by atoms with Gasteiger partial charge < -0.3 is 4.74 Å². The highest BCUT2D eigenvalue weighted by molar-refractivity contribution is 7.85. The monoisotopic (exact) mass is 540 g/mol. The van der Waals surface area contributed by atoms with Crippen LogP contribution in [-0.2, 0) is 14.9 Å². The number of fused-ring (bicyclic) bond motifs is 4. The Hall–Kier alpha value is -3.12. The van der Waals surface area contributed by atoms with E-state index < -0.39 is 10.1 Å². The van der Waals surface area contributed by atoms with E-state index in [1.54, 1.807) is 23.5 Å². The Morgan fingerprint density at radius 2 is 1.86 bits per heavy atom. The van der Waals surface area contributed by atoms with Crippen LogP contribution in [0.15, 0.2) is 52.7 Å². The van der Waals surface area contributed by atoms with E-state index in [0.29, 0.717) is 11.6 Å². The van der Waals surface area contributed by atoms with Crippen molar-refractivity contribution >= 4 is 38.3 Å². The molecular weight excluding hydrogens is 512 g/mol. The summed E-state index contributed by atoms with van der Waals surface area (Å²) < 4.78 is 35.4. The fourth-order valence-corrected chi connectivity index (χ4v) is 6.01. The van der Waals surface area contributed by atoms with Gasteiger partial charge in [-0.1, -0.05) is 17.7 Å². The number of nitrogens with zero attached hydrogens (tertiary/aromatic N) is 3. The predicted molar refractivity (Wildman–Crippen MR) is 141 cm³/mol. The average Bonchev–Trinajstić information content (AvgIpc) is 3.51. The number of hydrogen-bond donors (Lipinski definition) is 2. The van der Waals surface area contributed by atoms with E-state index in [1.165, 1.54) is 12.1 Å². The number of nitrogens with one attached hydrogen (secondary N) is 1. The van der Waals surface area contributed by atoms with Gasteiger partial charge in [-0.15, -0.1) is 11.3 Å². The maximum Gasteiger partial charge on any atom is 0.359 e. The lowest BCUT2D eigenvalue weighted by molar-refractivity contribution is -0.0458. The summed E-state index contributed by atoms with van der Waals surface area (Å²) in [5.74, 6) is 0.158. The van der Waals surface area contributed by atoms with Gasteiger partial charge in [-0.3, -0.25) is 14.6 Å². The third-order valence-electron chi connectivity index (χ3n) is 6.80. The van der Waals surface area contributed by atoms with E-state index in [1.807, 2.05) is 37.4 Å². The number of aromatic nitrogens is 3. The molecular formula is C26H28N4O5S2. The lowest BCUT2D eigenvalue weighted by atomic mass is 9.86. The topological polar surface area (TPSA) is 125 Å². The van der Waals surface area contributed by atoms with Gasteiger partial charge in [0.05, 0.1) is 10.4 Å². The number of piperidine rings is 3. The smallest absolute Gasteiger partial charge is 0.359 e. The summed E-state index contributed by atoms with van der Waals surface area (Å²) in [5, 5.41) is 10.9. The zero-order valence-electron chi connectivity index (χ0n) is 20.5. The molecule has 2 aromatic heterocycles. The maximum absolute atomic E-state index is 12.8. The first-order chi connectivity index (χ1) is 17.7. The van der Waals surface area contributed by atoms with E-state index in [2.05, 4.69) is 20.1 Å². The van der Waals surface area contributed by atoms with Crippen LogP contribution in [0.3, 0.4) is 0 Å². The number of aryl methyl sites for hydroxylation is 2. The van der Waals surface area contributed by atoms with Gasteiger partial charge in [0, 0.05) is 28.6 Å². The van der Waals surface area contributed by atoms with Crippen molar-refractivity contribution in [1.82, 2.24) is 20.1 Å². The molecule has 0 aliphatic carbocycles. The minimum atomic E-state index is -4.02. The highest BCUT2D eigenvalue weighted by atomic mass is 32.2. The molecule has 3 aliphatic rings. The van der Waals surface area contributed by atoms with Gasteiger partial charge in [0.2, 0.25) is 0 Å². The Balaban J connectivity index is 0.000000215. The van der Waals surface area contributed by atoms with E-state index in [9.17, 15) is 13.2 Å². The third-order valence-corrected chi connectivity index (χ3v) is 8.67. The summed E-state index contributed by atoms with van der Waals surface area (Å²) in [6.07, 6.45) is 2.22. The van der Waals surface area contributed by atoms with E-state index >= 15 is 0 Å². The first-order valence-corrected chi connectivity index (χ1v) is 14.4. The lowest BCUT2D eigenvalue weighted by Gasteiger charge is -2.43. The van der Waals surface area contributed by atoms with Gasteiger partial charge in [0.15, 0.2) is 5.69 Å². The Morgan fingerprint density at radius 1 is 1.14 bits per heavy atom. The van der Waals surface area contributed by atoms with Crippen LogP contribution in [-0.4, -0.2) is 64.8 Å². The number of H-pyrrole nitrogens is 1. The highest BCUT2D eigenvalue weighted by Gasteiger charge is 2.37. The molecule has 2 N–H and O–H groups in total. The van der Waals surface area contributed by atoms with Gasteiger partial charge in [-0.05, 0) is 76.0 Å². The van der Waals surface area contributed by atoms with E-state index in [4.69, 9.17) is 9.29 Å². The van der Waals surface area contributed by atoms with Crippen molar-refractivity contribution in [2.24, 2.45) is 5.92 Å². The van der Waals surface area contributed by atoms with Gasteiger partial charge in [-0.2, -0.15) is 13.5 Å². The van der Waals surface area contributed by atoms with Gasteiger partial charge in [0.25, 0.3) is 10.1 Å². The summed E-state index contributed by atoms with van der Waals surface area (Å²) in [7, 11) is -4.02. The molecule has 0 unspecified atom stereocenters. The standard InChI is InChI=1S/C19H20N4O2S.C7H8O3S/c1-11-10-26-18(20-11)13-2-3-15-14(8-13)17(22-21-15)19(24)25-16-9-23-6-4-12(16)5-7-23;1-6-2-4-7(5-3-6)11(8,9)10/h2-3,8,10,12,16H,4-7,9H2,1H3,(H,21,22);2-5H,1H3,(H,8,9,10)/t16-;/m1./s1. The minimum absolute atomic E-state index is 0.0125. The molecule has 11 heteroatoms. The second kappa shape index (κ2) is 10.3. The molecule has 4 aromatic rings. The molecule has 3 aliphatic heterocycles. The normalized spacial score (nSPS) is 20.9. The molecule has 0 spiro atoms.